The molecule has 2 atom stereocenters. The molecule has 8 aromatic carbocycles. The summed E-state index contributed by atoms with van der Waals surface area (Å²) in [4.78, 5) is 135. The van der Waals surface area contributed by atoms with E-state index in [1.807, 2.05) is 66.7 Å². The molecular formula is C95H118N10O23Si. The topological polar surface area (TPSA) is 443 Å². The zero-order valence-electron chi connectivity index (χ0n) is 76.0. The van der Waals surface area contributed by atoms with Crippen molar-refractivity contribution in [1.29, 1.82) is 0 Å². The number of benzene rings is 8. The van der Waals surface area contributed by atoms with Gasteiger partial charge in [0.15, 0.2) is 0 Å². The molecular weight excluding hydrogens is 1680 g/mol. The number of amides is 9. The van der Waals surface area contributed by atoms with Gasteiger partial charge >= 0.3 is 38.5 Å². The summed E-state index contributed by atoms with van der Waals surface area (Å²) in [5.41, 5.74) is 5.24. The van der Waals surface area contributed by atoms with Gasteiger partial charge in [-0.1, -0.05) is 106 Å². The maximum absolute atomic E-state index is 13.7. The molecule has 129 heavy (non-hydrogen) atoms. The summed E-state index contributed by atoms with van der Waals surface area (Å²) >= 11 is 0. The highest BCUT2D eigenvalue weighted by Gasteiger charge is 2.52. The number of carbonyl (C=O) groups excluding carboxylic acids is 10. The van der Waals surface area contributed by atoms with E-state index in [9.17, 15) is 63.0 Å². The maximum Gasteiger partial charge on any atom is 0.412 e. The van der Waals surface area contributed by atoms with E-state index in [0.717, 1.165) is 49.7 Å². The summed E-state index contributed by atoms with van der Waals surface area (Å²) in [6.45, 7) is 34.3. The number of rotatable bonds is 25. The van der Waals surface area contributed by atoms with Crippen molar-refractivity contribution in [3.05, 3.63) is 217 Å². The number of carboxylic acid groups (broad SMARTS) is 1. The van der Waals surface area contributed by atoms with Crippen molar-refractivity contribution in [2.45, 2.75) is 177 Å². The number of phenolic OH excluding ortho intramolecular Hbond substituents is 1. The number of hydroxylamine groups is 1. The lowest BCUT2D eigenvalue weighted by Gasteiger charge is -2.43. The highest BCUT2D eigenvalue weighted by atomic mass is 28.4. The van der Waals surface area contributed by atoms with Crippen LogP contribution in [0.2, 0.25) is 5.04 Å². The molecule has 33 nitrogen and oxygen atoms in total. The first-order chi connectivity index (χ1) is 60.7. The van der Waals surface area contributed by atoms with Crippen molar-refractivity contribution < 1.29 is 110 Å². The van der Waals surface area contributed by atoms with Gasteiger partial charge in [-0.3, -0.25) is 54.3 Å². The molecule has 690 valence electrons. The molecule has 1 unspecified atom stereocenters. The van der Waals surface area contributed by atoms with E-state index >= 15 is 0 Å². The molecule has 1 heterocycles. The first kappa shape index (κ1) is 104. The molecule has 8 aromatic rings. The molecule has 9 amide bonds. The van der Waals surface area contributed by atoms with Crippen LogP contribution >= 0.6 is 0 Å². The standard InChI is InChI=1S/C31H39N3O8.C28H33NO5Si.C23H28N4O6.C13H18N2O4/c1-9-13-34(30(38)42-31(4,5)6)26(18-28(36)40-8)29(37)33-25-17-23(32-20(3)35)11-12-27(25)41-19-22-14-21(10-2)15-24(16-22)39-7;1-27(2,3)33-26(32)29-23-19-20(25(30)31)17-18-24(23)34-35(28(4,5)6,21-13-9-7-10-14-21)22-15-11-8-12-16-22;1-14(28)25-17-5-6-21-19(11-17)26-23(30)20(12-22(29)27-31)24-7-3-4-15-8-16(13-33-21)10-18(9-15)32-2;1-8(16)14-9-5-6-11(17)10(7-9)15-12(18)19-13(2,3)4/h9-12,14-17,26H,1-2,13,18-19H2,3-8H3,(H,32,35)(H,33,37);7-19H,1-6H3,(H,29,32)(H,30,31);5-6,8-11,20,24,31H,3-4,7,12-13H2,1-2H3,(H,25,28)(H,26,30)(H,27,29);5-7,17H,1-4H3,(H,14,16)(H,15,18)/t26-;;;/m0.../s1. The van der Waals surface area contributed by atoms with Crippen LogP contribution in [-0.2, 0) is 72.1 Å². The molecule has 1 aliphatic rings. The number of hydrogen-bond acceptors (Lipinski definition) is 23. The Morgan fingerprint density at radius 2 is 1.12 bits per heavy atom. The number of esters is 1. The first-order valence-corrected chi connectivity index (χ1v) is 42.9. The lowest BCUT2D eigenvalue weighted by molar-refractivity contribution is -0.143. The van der Waals surface area contributed by atoms with Gasteiger partial charge < -0.3 is 84.4 Å². The third-order valence-electron chi connectivity index (χ3n) is 18.2. The summed E-state index contributed by atoms with van der Waals surface area (Å²) in [6.07, 6.45) is 1.65. The minimum Gasteiger partial charge on any atom is -0.533 e. The van der Waals surface area contributed by atoms with Gasteiger partial charge in [-0.15, -0.1) is 6.58 Å². The molecule has 2 bridgehead atoms. The van der Waals surface area contributed by atoms with E-state index < -0.39 is 91.6 Å². The van der Waals surface area contributed by atoms with E-state index in [4.69, 9.17) is 47.5 Å². The Balaban J connectivity index is 0.000000273. The third-order valence-corrected chi connectivity index (χ3v) is 23.1. The number of carbonyl (C=O) groups is 11. The van der Waals surface area contributed by atoms with Crippen molar-refractivity contribution in [1.82, 2.24) is 15.7 Å². The minimum atomic E-state index is -3.00. The predicted octanol–water partition coefficient (Wildman–Crippen LogP) is 15.5. The van der Waals surface area contributed by atoms with Gasteiger partial charge in [-0.2, -0.15) is 0 Å². The Labute approximate surface area is 752 Å². The van der Waals surface area contributed by atoms with Gasteiger partial charge in [-0.25, -0.2) is 24.7 Å². The number of methoxy groups -OCH3 is 3. The Morgan fingerprint density at radius 1 is 0.597 bits per heavy atom. The molecule has 0 aliphatic carbocycles. The fourth-order valence-corrected chi connectivity index (χ4v) is 17.2. The van der Waals surface area contributed by atoms with Crippen LogP contribution in [0.4, 0.5) is 54.2 Å². The van der Waals surface area contributed by atoms with Crippen LogP contribution in [0.25, 0.3) is 6.08 Å². The molecule has 0 saturated heterocycles. The van der Waals surface area contributed by atoms with E-state index in [1.165, 1.54) is 70.4 Å². The SMILES string of the molecule is C=CCN(C(=O)OC(C)(C)C)[C@@H](CC(=O)OC)C(=O)Nc1cc(NC(C)=O)ccc1OCc1cc(C=C)cc(OC)c1.CC(=O)Nc1ccc(O)c(NC(=O)OC(C)(C)C)c1.CC(C)(C)OC(=O)Nc1cc(C(=O)O)ccc1O[Si](c1ccccc1)(c1ccccc1)C(C)(C)C.COc1cc2cc(c1)COc1ccc(NC(C)=O)cc1NC(=O)C(CC(=O)NO)NCCC2. The number of aryl methyl sites for hydroxylation is 1. The predicted molar refractivity (Wildman–Crippen MR) is 495 cm³/mol. The van der Waals surface area contributed by atoms with Crippen LogP contribution in [0.3, 0.4) is 0 Å². The Kier molecular flexibility index (Phi) is 38.4. The van der Waals surface area contributed by atoms with Crippen LogP contribution in [0, 0.1) is 0 Å². The number of fused-ring (bicyclic) bond motifs is 3. The number of anilines is 7. The van der Waals surface area contributed by atoms with Crippen LogP contribution in [-0.4, -0.2) is 158 Å². The summed E-state index contributed by atoms with van der Waals surface area (Å²) in [7, 11) is 1.34. The molecule has 0 saturated carbocycles. The number of aromatic carboxylic acids is 1. The molecule has 9 rings (SSSR count). The van der Waals surface area contributed by atoms with E-state index in [1.54, 1.807) is 131 Å². The number of nitrogens with one attached hydrogen (secondary N) is 9. The van der Waals surface area contributed by atoms with Gasteiger partial charge in [0.2, 0.25) is 35.4 Å². The summed E-state index contributed by atoms with van der Waals surface area (Å²) in [5.74, 6) is -2.24. The van der Waals surface area contributed by atoms with E-state index in [0.29, 0.717) is 53.0 Å². The Bertz CT molecular complexity index is 5240. The fourth-order valence-electron chi connectivity index (χ4n) is 12.7. The van der Waals surface area contributed by atoms with Crippen LogP contribution in [0.1, 0.15) is 156 Å². The molecule has 0 aromatic heterocycles. The minimum absolute atomic E-state index is 0.0332. The largest absolute Gasteiger partial charge is 0.533 e. The second-order valence-corrected chi connectivity index (χ2v) is 37.6. The molecule has 1 aliphatic heterocycles. The fraction of sp³-hybridized carbons (Fsp3) is 0.337. The van der Waals surface area contributed by atoms with E-state index in [-0.39, 0.29) is 83.1 Å². The maximum atomic E-state index is 13.7. The second kappa shape index (κ2) is 47.9. The first-order valence-electron chi connectivity index (χ1n) is 41.0. The second-order valence-electron chi connectivity index (χ2n) is 33.4. The van der Waals surface area contributed by atoms with Gasteiger partial charge in [0.05, 0.1) is 68.5 Å². The van der Waals surface area contributed by atoms with E-state index in [2.05, 4.69) is 101 Å². The Hall–Kier alpha value is -14.3. The van der Waals surface area contributed by atoms with Crippen LogP contribution < -0.4 is 81.8 Å². The lowest BCUT2D eigenvalue weighted by atomic mass is 10.1. The lowest BCUT2D eigenvalue weighted by Crippen LogP contribution is -2.68. The average Bonchev–Trinajstić information content (AvgIpc) is 0.736. The van der Waals surface area contributed by atoms with Crippen molar-refractivity contribution in [3.63, 3.8) is 0 Å². The summed E-state index contributed by atoms with van der Waals surface area (Å²) < 4.78 is 50.6. The zero-order chi connectivity index (χ0) is 95.7. The highest BCUT2D eigenvalue weighted by Crippen LogP contribution is 2.41. The van der Waals surface area contributed by atoms with Crippen LogP contribution in [0.5, 0.6) is 34.5 Å². The van der Waals surface area contributed by atoms with Crippen molar-refractivity contribution in [2.75, 3.05) is 71.6 Å². The van der Waals surface area contributed by atoms with Gasteiger partial charge in [-0.05, 0) is 222 Å². The van der Waals surface area contributed by atoms with Crippen molar-refractivity contribution in [2.24, 2.45) is 0 Å². The smallest absolute Gasteiger partial charge is 0.412 e. The highest BCUT2D eigenvalue weighted by molar-refractivity contribution is 7.00. The number of ether oxygens (including phenoxy) is 8. The van der Waals surface area contributed by atoms with Crippen molar-refractivity contribution >= 4 is 130 Å². The molecule has 0 radical (unpaired) electrons. The third kappa shape index (κ3) is 33.9. The molecule has 0 fully saturated rings. The number of nitrogens with zero attached hydrogens (tertiary/aromatic N) is 1. The molecule has 34 heteroatoms. The normalized spacial score (nSPS) is 12.7. The van der Waals surface area contributed by atoms with Gasteiger partial charge in [0, 0.05) is 44.4 Å². The number of hydrogen-bond donors (Lipinski definition) is 12. The Morgan fingerprint density at radius 3 is 1.65 bits per heavy atom. The monoisotopic (exact) mass is 1790 g/mol. The number of carboxylic acids is 1. The summed E-state index contributed by atoms with van der Waals surface area (Å²) in [5, 5.41) is 51.5. The number of phenols is 1. The summed E-state index contributed by atoms with van der Waals surface area (Å²) in [6, 6.07) is 47.8. The molecule has 12 N–H and O–H groups in total. The quantitative estimate of drug-likeness (QED) is 0.00369. The number of aromatic hydroxyl groups is 1. The van der Waals surface area contributed by atoms with Gasteiger partial charge in [0.1, 0.15) is 70.6 Å². The molecule has 0 spiro atoms. The van der Waals surface area contributed by atoms with Crippen molar-refractivity contribution in [3.8, 4) is 34.5 Å². The zero-order valence-corrected chi connectivity index (χ0v) is 77.0. The van der Waals surface area contributed by atoms with Crippen LogP contribution in [0.15, 0.2) is 189 Å². The average molecular weight is 1800 g/mol. The van der Waals surface area contributed by atoms with Gasteiger partial charge in [0.25, 0.3) is 0 Å².